The van der Waals surface area contributed by atoms with E-state index in [4.69, 9.17) is 9.15 Å². The molecule has 0 N–H and O–H groups in total. The molecule has 2 aromatic heterocycles. The Bertz CT molecular complexity index is 758. The van der Waals surface area contributed by atoms with Crippen LogP contribution in [0.15, 0.2) is 40.1 Å². The van der Waals surface area contributed by atoms with Crippen LogP contribution in [0.3, 0.4) is 0 Å². The van der Waals surface area contributed by atoms with Gasteiger partial charge in [0.2, 0.25) is 5.89 Å². The molecule has 0 spiro atoms. The number of halogens is 1. The lowest BCUT2D eigenvalue weighted by atomic mass is 10.2. The molecular formula is C15H14FN3O2S. The van der Waals surface area contributed by atoms with Crippen LogP contribution in [0, 0.1) is 5.82 Å². The second-order valence-corrected chi connectivity index (χ2v) is 5.60. The molecule has 22 heavy (non-hydrogen) atoms. The Morgan fingerprint density at radius 1 is 1.32 bits per heavy atom. The molecule has 2 heterocycles. The molecule has 0 aliphatic heterocycles. The highest BCUT2D eigenvalue weighted by Gasteiger charge is 2.14. The highest BCUT2D eigenvalue weighted by atomic mass is 32.1. The van der Waals surface area contributed by atoms with Crippen LogP contribution in [0.2, 0.25) is 0 Å². The molecule has 0 aliphatic rings. The molecule has 0 fully saturated rings. The minimum atomic E-state index is -0.341. The number of anilines is 1. The zero-order valence-corrected chi connectivity index (χ0v) is 12.9. The fourth-order valence-corrected chi connectivity index (χ4v) is 2.72. The first kappa shape index (κ1) is 14.5. The molecule has 0 radical (unpaired) electrons. The zero-order chi connectivity index (χ0) is 15.5. The van der Waals surface area contributed by atoms with Gasteiger partial charge in [-0.1, -0.05) is 6.07 Å². The van der Waals surface area contributed by atoms with E-state index in [1.165, 1.54) is 19.2 Å². The normalized spacial score (nSPS) is 10.7. The third kappa shape index (κ3) is 2.94. The number of hydrogen-bond donors (Lipinski definition) is 0. The maximum absolute atomic E-state index is 13.2. The maximum atomic E-state index is 13.2. The predicted molar refractivity (Wildman–Crippen MR) is 82.7 cm³/mol. The van der Waals surface area contributed by atoms with E-state index in [-0.39, 0.29) is 5.82 Å². The van der Waals surface area contributed by atoms with Gasteiger partial charge in [-0.25, -0.2) is 4.39 Å². The molecule has 0 bridgehead atoms. The van der Waals surface area contributed by atoms with E-state index in [2.05, 4.69) is 10.2 Å². The summed E-state index contributed by atoms with van der Waals surface area (Å²) in [5.74, 6) is 1.11. The molecular weight excluding hydrogens is 305 g/mol. The van der Waals surface area contributed by atoms with Crippen LogP contribution >= 0.6 is 11.3 Å². The van der Waals surface area contributed by atoms with Crippen LogP contribution in [0.5, 0.6) is 5.75 Å². The lowest BCUT2D eigenvalue weighted by molar-refractivity contribution is 0.410. The second-order valence-electron chi connectivity index (χ2n) is 4.65. The van der Waals surface area contributed by atoms with Gasteiger partial charge in [-0.15, -0.1) is 21.5 Å². The Labute approximate surface area is 131 Å². The number of methoxy groups -OCH3 is 1. The summed E-state index contributed by atoms with van der Waals surface area (Å²) < 4.78 is 24.1. The number of thiophene rings is 1. The number of aromatic nitrogens is 2. The average molecular weight is 319 g/mol. The van der Waals surface area contributed by atoms with Crippen LogP contribution in [-0.2, 0) is 6.54 Å². The smallest absolute Gasteiger partial charge is 0.257 e. The molecule has 0 saturated carbocycles. The summed E-state index contributed by atoms with van der Waals surface area (Å²) in [6, 6.07) is 8.24. The van der Waals surface area contributed by atoms with Crippen LogP contribution in [0.25, 0.3) is 10.8 Å². The Morgan fingerprint density at radius 2 is 2.18 bits per heavy atom. The molecule has 5 nitrogen and oxygen atoms in total. The van der Waals surface area contributed by atoms with Crippen molar-refractivity contribution < 1.29 is 13.5 Å². The SMILES string of the molecule is COc1cc(F)ccc1N(C)Cc1nnc(-c2cccs2)o1. The summed E-state index contributed by atoms with van der Waals surface area (Å²) >= 11 is 1.54. The van der Waals surface area contributed by atoms with Gasteiger partial charge in [0, 0.05) is 13.1 Å². The molecule has 3 rings (SSSR count). The lowest BCUT2D eigenvalue weighted by Crippen LogP contribution is -2.17. The first-order valence-electron chi connectivity index (χ1n) is 6.58. The van der Waals surface area contributed by atoms with Crippen molar-refractivity contribution in [1.82, 2.24) is 10.2 Å². The third-order valence-electron chi connectivity index (χ3n) is 3.12. The summed E-state index contributed by atoms with van der Waals surface area (Å²) in [5.41, 5.74) is 0.750. The zero-order valence-electron chi connectivity index (χ0n) is 12.1. The Morgan fingerprint density at radius 3 is 2.91 bits per heavy atom. The van der Waals surface area contributed by atoms with Crippen molar-refractivity contribution >= 4 is 17.0 Å². The van der Waals surface area contributed by atoms with Crippen LogP contribution in [0.4, 0.5) is 10.1 Å². The molecule has 0 unspecified atom stereocenters. The topological polar surface area (TPSA) is 51.4 Å². The summed E-state index contributed by atoms with van der Waals surface area (Å²) in [5, 5.41) is 10.0. The molecule has 0 aliphatic carbocycles. The predicted octanol–water partition coefficient (Wildman–Crippen LogP) is 3.58. The molecule has 114 valence electrons. The van der Waals surface area contributed by atoms with Crippen molar-refractivity contribution in [2.45, 2.75) is 6.54 Å². The number of ether oxygens (including phenoxy) is 1. The highest BCUT2D eigenvalue weighted by molar-refractivity contribution is 7.13. The van der Waals surface area contributed by atoms with Crippen molar-refractivity contribution in [3.63, 3.8) is 0 Å². The molecule has 0 amide bonds. The van der Waals surface area contributed by atoms with E-state index in [1.807, 2.05) is 29.5 Å². The Balaban J connectivity index is 1.78. The monoisotopic (exact) mass is 319 g/mol. The van der Waals surface area contributed by atoms with Gasteiger partial charge in [-0.2, -0.15) is 0 Å². The van der Waals surface area contributed by atoms with Gasteiger partial charge < -0.3 is 14.1 Å². The highest BCUT2D eigenvalue weighted by Crippen LogP contribution is 2.29. The number of hydrogen-bond acceptors (Lipinski definition) is 6. The summed E-state index contributed by atoms with van der Waals surface area (Å²) in [4.78, 5) is 2.80. The summed E-state index contributed by atoms with van der Waals surface area (Å²) in [7, 11) is 3.36. The standard InChI is InChI=1S/C15H14FN3O2S/c1-19(11-6-5-10(16)8-12(11)20-2)9-14-17-18-15(21-14)13-4-3-7-22-13/h3-8H,9H2,1-2H3. The van der Waals surface area contributed by atoms with Gasteiger partial charge in [0.1, 0.15) is 11.6 Å². The molecule has 7 heteroatoms. The fourth-order valence-electron chi connectivity index (χ4n) is 2.07. The minimum Gasteiger partial charge on any atom is -0.494 e. The van der Waals surface area contributed by atoms with E-state index < -0.39 is 0 Å². The quantitative estimate of drug-likeness (QED) is 0.719. The van der Waals surface area contributed by atoms with Gasteiger partial charge in [0.25, 0.3) is 5.89 Å². The largest absolute Gasteiger partial charge is 0.494 e. The molecule has 0 atom stereocenters. The van der Waals surface area contributed by atoms with Crippen LogP contribution in [0.1, 0.15) is 5.89 Å². The number of nitrogens with zero attached hydrogens (tertiary/aromatic N) is 3. The van der Waals surface area contributed by atoms with Crippen molar-refractivity contribution in [3.05, 3.63) is 47.4 Å². The van der Waals surface area contributed by atoms with Gasteiger partial charge in [0.05, 0.1) is 24.2 Å². The van der Waals surface area contributed by atoms with E-state index >= 15 is 0 Å². The summed E-state index contributed by atoms with van der Waals surface area (Å²) in [6.45, 7) is 0.403. The third-order valence-corrected chi connectivity index (χ3v) is 3.98. The van der Waals surface area contributed by atoms with Crippen LogP contribution < -0.4 is 9.64 Å². The van der Waals surface area contributed by atoms with E-state index in [0.29, 0.717) is 24.1 Å². The van der Waals surface area contributed by atoms with E-state index in [9.17, 15) is 4.39 Å². The fraction of sp³-hybridized carbons (Fsp3) is 0.200. The maximum Gasteiger partial charge on any atom is 0.257 e. The Hall–Kier alpha value is -2.41. The second kappa shape index (κ2) is 6.15. The van der Waals surface area contributed by atoms with Crippen molar-refractivity contribution in [1.29, 1.82) is 0 Å². The molecule has 1 aromatic carbocycles. The summed E-state index contributed by atoms with van der Waals surface area (Å²) in [6.07, 6.45) is 0. The first-order valence-corrected chi connectivity index (χ1v) is 7.46. The average Bonchev–Trinajstić information content (AvgIpc) is 3.17. The van der Waals surface area contributed by atoms with Crippen molar-refractivity contribution in [2.24, 2.45) is 0 Å². The minimum absolute atomic E-state index is 0.341. The van der Waals surface area contributed by atoms with E-state index in [1.54, 1.807) is 17.4 Å². The Kier molecular flexibility index (Phi) is 4.06. The van der Waals surface area contributed by atoms with Gasteiger partial charge in [-0.3, -0.25) is 0 Å². The van der Waals surface area contributed by atoms with Gasteiger partial charge in [-0.05, 0) is 23.6 Å². The number of benzene rings is 1. The van der Waals surface area contributed by atoms with Crippen LogP contribution in [-0.4, -0.2) is 24.4 Å². The molecule has 3 aromatic rings. The lowest BCUT2D eigenvalue weighted by Gasteiger charge is -2.19. The van der Waals surface area contributed by atoms with Gasteiger partial charge in [0.15, 0.2) is 0 Å². The first-order chi connectivity index (χ1) is 10.7. The van der Waals surface area contributed by atoms with Crippen molar-refractivity contribution in [3.8, 4) is 16.5 Å². The van der Waals surface area contributed by atoms with Gasteiger partial charge >= 0.3 is 0 Å². The number of rotatable bonds is 5. The molecule has 0 saturated heterocycles. The van der Waals surface area contributed by atoms with Crippen molar-refractivity contribution in [2.75, 3.05) is 19.1 Å². The van der Waals surface area contributed by atoms with E-state index in [0.717, 1.165) is 10.6 Å².